The van der Waals surface area contributed by atoms with Gasteiger partial charge in [-0.2, -0.15) is 0 Å². The van der Waals surface area contributed by atoms with Gasteiger partial charge in [0, 0.05) is 30.4 Å². The zero-order chi connectivity index (χ0) is 15.8. The zero-order valence-corrected chi connectivity index (χ0v) is 12.8. The average molecular weight is 300 g/mol. The van der Waals surface area contributed by atoms with Gasteiger partial charge in [-0.05, 0) is 12.0 Å². The highest BCUT2D eigenvalue weighted by Crippen LogP contribution is 2.25. The molecule has 5 nitrogen and oxygen atoms in total. The maximum atomic E-state index is 11.9. The Labute approximate surface area is 130 Å². The third-order valence-electron chi connectivity index (χ3n) is 3.15. The second kappa shape index (κ2) is 7.93. The Morgan fingerprint density at radius 3 is 2.23 bits per heavy atom. The largest absolute Gasteiger partial charge is 0.497 e. The van der Waals surface area contributed by atoms with Crippen LogP contribution in [0.1, 0.15) is 5.56 Å². The molecule has 0 saturated heterocycles. The molecule has 0 aliphatic rings. The first-order valence-corrected chi connectivity index (χ1v) is 7.03. The van der Waals surface area contributed by atoms with E-state index < -0.39 is 0 Å². The van der Waals surface area contributed by atoms with Crippen LogP contribution in [0.25, 0.3) is 0 Å². The van der Waals surface area contributed by atoms with Crippen molar-refractivity contribution < 1.29 is 14.3 Å². The number of carbonyl (C=O) groups excluding carboxylic acids is 1. The fraction of sp³-hybridized carbons (Fsp3) is 0.235. The topological polar surface area (TPSA) is 59.6 Å². The van der Waals surface area contributed by atoms with Gasteiger partial charge in [0.1, 0.15) is 11.5 Å². The molecule has 0 unspecified atom stereocenters. The fourth-order valence-electron chi connectivity index (χ4n) is 2.02. The van der Waals surface area contributed by atoms with Gasteiger partial charge in [-0.25, -0.2) is 4.79 Å². The van der Waals surface area contributed by atoms with E-state index in [1.165, 1.54) is 5.56 Å². The first-order chi connectivity index (χ1) is 10.7. The minimum Gasteiger partial charge on any atom is -0.497 e. The number of anilines is 1. The molecule has 0 saturated carbocycles. The standard InChI is InChI=1S/C17H20N2O3/c1-21-15-10-14(11-16(12-15)22-2)19-17(20)18-9-8-13-6-4-3-5-7-13/h3-7,10-12H,8-9H2,1-2H3,(H2,18,19,20). The van der Waals surface area contributed by atoms with Crippen molar-refractivity contribution in [2.45, 2.75) is 6.42 Å². The Bertz CT molecular complexity index is 592. The highest BCUT2D eigenvalue weighted by molar-refractivity contribution is 5.89. The third kappa shape index (κ3) is 4.70. The Hall–Kier alpha value is -2.69. The van der Waals surface area contributed by atoms with Crippen molar-refractivity contribution in [3.63, 3.8) is 0 Å². The van der Waals surface area contributed by atoms with Crippen LogP contribution >= 0.6 is 0 Å². The number of amides is 2. The molecule has 116 valence electrons. The summed E-state index contributed by atoms with van der Waals surface area (Å²) in [5.41, 5.74) is 1.80. The molecule has 2 rings (SSSR count). The van der Waals surface area contributed by atoms with Crippen molar-refractivity contribution in [3.8, 4) is 11.5 Å². The SMILES string of the molecule is COc1cc(NC(=O)NCCc2ccccc2)cc(OC)c1. The zero-order valence-electron chi connectivity index (χ0n) is 12.8. The Morgan fingerprint density at radius 1 is 1.00 bits per heavy atom. The first kappa shape index (κ1) is 15.7. The number of nitrogens with one attached hydrogen (secondary N) is 2. The summed E-state index contributed by atoms with van der Waals surface area (Å²) in [6, 6.07) is 15.0. The number of methoxy groups -OCH3 is 2. The van der Waals surface area contributed by atoms with Crippen LogP contribution in [0.4, 0.5) is 10.5 Å². The molecular formula is C17H20N2O3. The van der Waals surface area contributed by atoms with E-state index in [2.05, 4.69) is 10.6 Å². The second-order valence-electron chi connectivity index (χ2n) is 4.72. The molecule has 0 aromatic heterocycles. The van der Waals surface area contributed by atoms with Gasteiger partial charge in [-0.1, -0.05) is 30.3 Å². The number of urea groups is 1. The molecule has 2 aromatic rings. The lowest BCUT2D eigenvalue weighted by atomic mass is 10.1. The maximum Gasteiger partial charge on any atom is 0.319 e. The van der Waals surface area contributed by atoms with Crippen molar-refractivity contribution in [2.24, 2.45) is 0 Å². The molecule has 2 N–H and O–H groups in total. The number of hydrogen-bond acceptors (Lipinski definition) is 3. The van der Waals surface area contributed by atoms with E-state index >= 15 is 0 Å². The molecule has 2 amide bonds. The van der Waals surface area contributed by atoms with Gasteiger partial charge in [0.2, 0.25) is 0 Å². The van der Waals surface area contributed by atoms with Crippen LogP contribution in [0, 0.1) is 0 Å². The van der Waals surface area contributed by atoms with Crippen LogP contribution in [0.3, 0.4) is 0 Å². The quantitative estimate of drug-likeness (QED) is 0.862. The van der Waals surface area contributed by atoms with E-state index in [0.717, 1.165) is 6.42 Å². The normalized spacial score (nSPS) is 9.91. The fourth-order valence-corrected chi connectivity index (χ4v) is 2.02. The summed E-state index contributed by atoms with van der Waals surface area (Å²) < 4.78 is 10.3. The Balaban J connectivity index is 1.86. The summed E-state index contributed by atoms with van der Waals surface area (Å²) in [4.78, 5) is 11.9. The molecule has 2 aromatic carbocycles. The predicted octanol–water partition coefficient (Wildman–Crippen LogP) is 3.07. The van der Waals surface area contributed by atoms with Gasteiger partial charge in [0.15, 0.2) is 0 Å². The Kier molecular flexibility index (Phi) is 5.65. The molecule has 0 aliphatic heterocycles. The number of carbonyl (C=O) groups is 1. The lowest BCUT2D eigenvalue weighted by molar-refractivity contribution is 0.252. The molecule has 0 heterocycles. The van der Waals surface area contributed by atoms with E-state index in [1.54, 1.807) is 32.4 Å². The number of ether oxygens (including phenoxy) is 2. The molecule has 0 aliphatic carbocycles. The molecule has 5 heteroatoms. The van der Waals surface area contributed by atoms with Gasteiger partial charge in [0.05, 0.1) is 14.2 Å². The van der Waals surface area contributed by atoms with Crippen molar-refractivity contribution in [1.29, 1.82) is 0 Å². The summed E-state index contributed by atoms with van der Waals surface area (Å²) in [5, 5.41) is 5.59. The molecule has 0 bridgehead atoms. The second-order valence-corrected chi connectivity index (χ2v) is 4.72. The molecule has 0 spiro atoms. The van der Waals surface area contributed by atoms with Gasteiger partial charge in [-0.3, -0.25) is 0 Å². The van der Waals surface area contributed by atoms with Crippen LogP contribution in [-0.4, -0.2) is 26.8 Å². The van der Waals surface area contributed by atoms with Crippen molar-refractivity contribution in [2.75, 3.05) is 26.1 Å². The van der Waals surface area contributed by atoms with Gasteiger partial charge >= 0.3 is 6.03 Å². The molecule has 0 radical (unpaired) electrons. The molecule has 0 atom stereocenters. The van der Waals surface area contributed by atoms with Crippen LogP contribution in [0.2, 0.25) is 0 Å². The van der Waals surface area contributed by atoms with Crippen molar-refractivity contribution in [3.05, 3.63) is 54.1 Å². The molecule has 22 heavy (non-hydrogen) atoms. The molecular weight excluding hydrogens is 280 g/mol. The van der Waals surface area contributed by atoms with Gasteiger partial charge in [-0.15, -0.1) is 0 Å². The summed E-state index contributed by atoms with van der Waals surface area (Å²) in [6.07, 6.45) is 0.787. The Morgan fingerprint density at radius 2 is 1.64 bits per heavy atom. The predicted molar refractivity (Wildman–Crippen MR) is 86.7 cm³/mol. The van der Waals surface area contributed by atoms with E-state index in [9.17, 15) is 4.79 Å². The van der Waals surface area contributed by atoms with Gasteiger partial charge in [0.25, 0.3) is 0 Å². The van der Waals surface area contributed by atoms with Gasteiger partial charge < -0.3 is 20.1 Å². The van der Waals surface area contributed by atoms with Crippen molar-refractivity contribution >= 4 is 11.7 Å². The minimum absolute atomic E-state index is 0.258. The van der Waals surface area contributed by atoms with E-state index in [-0.39, 0.29) is 6.03 Å². The number of benzene rings is 2. The maximum absolute atomic E-state index is 11.9. The molecule has 0 fully saturated rings. The highest BCUT2D eigenvalue weighted by atomic mass is 16.5. The van der Waals surface area contributed by atoms with Crippen molar-refractivity contribution in [1.82, 2.24) is 5.32 Å². The van der Waals surface area contributed by atoms with Crippen LogP contribution in [0.5, 0.6) is 11.5 Å². The van der Waals surface area contributed by atoms with E-state index in [0.29, 0.717) is 23.7 Å². The minimum atomic E-state index is -0.258. The smallest absolute Gasteiger partial charge is 0.319 e. The van der Waals surface area contributed by atoms with Crippen LogP contribution < -0.4 is 20.1 Å². The average Bonchev–Trinajstić information content (AvgIpc) is 2.55. The summed E-state index contributed by atoms with van der Waals surface area (Å²) in [5.74, 6) is 1.25. The monoisotopic (exact) mass is 300 g/mol. The number of rotatable bonds is 6. The highest BCUT2D eigenvalue weighted by Gasteiger charge is 2.05. The van der Waals surface area contributed by atoms with Crippen LogP contribution in [-0.2, 0) is 6.42 Å². The van der Waals surface area contributed by atoms with Crippen LogP contribution in [0.15, 0.2) is 48.5 Å². The van der Waals surface area contributed by atoms with E-state index in [4.69, 9.17) is 9.47 Å². The number of hydrogen-bond donors (Lipinski definition) is 2. The summed E-state index contributed by atoms with van der Waals surface area (Å²) in [6.45, 7) is 0.566. The summed E-state index contributed by atoms with van der Waals surface area (Å²) in [7, 11) is 3.14. The summed E-state index contributed by atoms with van der Waals surface area (Å²) >= 11 is 0. The third-order valence-corrected chi connectivity index (χ3v) is 3.15. The van der Waals surface area contributed by atoms with E-state index in [1.807, 2.05) is 30.3 Å². The lowest BCUT2D eigenvalue weighted by Gasteiger charge is -2.11. The first-order valence-electron chi connectivity index (χ1n) is 7.03. The lowest BCUT2D eigenvalue weighted by Crippen LogP contribution is -2.30.